The van der Waals surface area contributed by atoms with Crippen LogP contribution in [0.2, 0.25) is 21.6 Å². The zero-order valence-electron chi connectivity index (χ0n) is 29.3. The predicted molar refractivity (Wildman–Crippen MR) is 201 cm³/mol. The van der Waals surface area contributed by atoms with Crippen molar-refractivity contribution in [1.82, 2.24) is 0 Å². The van der Waals surface area contributed by atoms with Crippen LogP contribution < -0.4 is 0 Å². The Hall–Kier alpha value is -0.183. The maximum absolute atomic E-state index is 5.44. The number of halogens is 2. The molecule has 0 aliphatic heterocycles. The number of allylic oxidation sites excluding steroid dienone is 10. The molecule has 1 fully saturated rings. The third kappa shape index (κ3) is 3.49. The average Bonchev–Trinajstić information content (AvgIpc) is 3.51. The minimum absolute atomic E-state index is 0. The van der Waals surface area contributed by atoms with E-state index < -0.39 is 11.6 Å². The summed E-state index contributed by atoms with van der Waals surface area (Å²) >= 11 is -5.44. The van der Waals surface area contributed by atoms with Crippen LogP contribution in [-0.4, -0.2) is 13.8 Å². The van der Waals surface area contributed by atoms with Gasteiger partial charge in [-0.05, 0) is 0 Å². The maximum Gasteiger partial charge on any atom is -0.147 e. The van der Waals surface area contributed by atoms with Gasteiger partial charge in [-0.15, -0.1) is 24.8 Å². The molecule has 43 heavy (non-hydrogen) atoms. The Morgan fingerprint density at radius 2 is 1.40 bits per heavy atom. The molecule has 6 rings (SSSR count). The summed E-state index contributed by atoms with van der Waals surface area (Å²) in [7, 11) is 0. The molecule has 238 valence electrons. The molecule has 0 bridgehead atoms. The van der Waals surface area contributed by atoms with E-state index in [2.05, 4.69) is 142 Å². The van der Waals surface area contributed by atoms with Crippen LogP contribution in [0.25, 0.3) is 5.57 Å². The van der Waals surface area contributed by atoms with Gasteiger partial charge in [0.05, 0.1) is 0 Å². The SMILES string of the molecule is CC12C(=C3Cc4ccccc4C3=C3C=CCCC31)[C](C)([Zr]([CH3])([CH3])([CH3])([CH3])(=[SiH2])(=[SiH2])[C]1=CC=CC1)C(C)(C)C(C)(C)C2(C)C.Cl.Cl. The first-order valence-electron chi connectivity index (χ1n) is 16.5. The molecule has 1 aromatic rings. The Labute approximate surface area is 269 Å². The van der Waals surface area contributed by atoms with E-state index in [1.54, 1.807) is 20.0 Å². The van der Waals surface area contributed by atoms with Crippen LogP contribution in [0.15, 0.2) is 74.6 Å². The van der Waals surface area contributed by atoms with E-state index in [1.807, 2.05) is 5.57 Å². The summed E-state index contributed by atoms with van der Waals surface area (Å²) in [6.07, 6.45) is 17.0. The third-order valence-electron chi connectivity index (χ3n) is 16.9. The molecule has 1 aromatic carbocycles. The zero-order valence-corrected chi connectivity index (χ0v) is 36.3. The minimum Gasteiger partial charge on any atom is -0.147 e. The monoisotopic (exact) mass is 732 g/mol. The fourth-order valence-electron chi connectivity index (χ4n) is 12.4. The largest absolute Gasteiger partial charge is 0.147 e. The smallest absolute Gasteiger partial charge is 0.147 e. The fourth-order valence-corrected chi connectivity index (χ4v) is 44.8. The van der Waals surface area contributed by atoms with E-state index in [4.69, 9.17) is 0 Å². The van der Waals surface area contributed by atoms with Crippen molar-refractivity contribution in [3.63, 3.8) is 0 Å². The van der Waals surface area contributed by atoms with Gasteiger partial charge >= 0.3 is 247 Å². The third-order valence-corrected chi connectivity index (χ3v) is 57.5. The van der Waals surface area contributed by atoms with Crippen LogP contribution in [0.1, 0.15) is 85.8 Å². The Bertz CT molecular complexity index is 1910. The number of hydrogen-bond acceptors (Lipinski definition) is 0. The van der Waals surface area contributed by atoms with E-state index in [0.717, 1.165) is 12.8 Å². The second-order valence-corrected chi connectivity index (χ2v) is 124. The van der Waals surface area contributed by atoms with Crippen molar-refractivity contribution in [3.05, 3.63) is 85.8 Å². The molecule has 0 amide bonds. The Morgan fingerprint density at radius 1 is 0.791 bits per heavy atom. The number of rotatable bonds is 2. The average molecular weight is 735 g/mol. The summed E-state index contributed by atoms with van der Waals surface area (Å²) in [5, 5.41) is 0. The first-order chi connectivity index (χ1) is 18.1. The van der Waals surface area contributed by atoms with Crippen LogP contribution in [-0.2, 0) is 18.0 Å². The van der Waals surface area contributed by atoms with E-state index >= 15 is 0 Å². The van der Waals surface area contributed by atoms with Gasteiger partial charge in [-0.3, -0.25) is 0 Å². The fraction of sp³-hybridized carbons (Fsp3) is 0.579. The van der Waals surface area contributed by atoms with Crippen LogP contribution in [0.3, 0.4) is 0 Å². The molecule has 0 spiro atoms. The molecule has 5 heteroatoms. The first kappa shape index (κ1) is 35.7. The second-order valence-electron chi connectivity index (χ2n) is 22.5. The van der Waals surface area contributed by atoms with E-state index in [0.29, 0.717) is 5.92 Å². The van der Waals surface area contributed by atoms with E-state index in [1.165, 1.54) is 24.0 Å². The molecular formula is C38H60Cl2Si2Zr. The standard InChI is InChI=1S/C29H37.C5H5.4CH3.2ClH.2H2Si.Zr/c1-18-25-22-17-19-13-9-10-14-20(19)24(22)21-15-11-12-16-23(21)29(25,8)28(6,7)27(4,5)26(18,2)3;1-2-4-5-3-1;;;;;;;;;/h9-11,13-15,23H,12,16-17H2,1-8H3;1-3H,4H2;4*1H3;2*1H;2*1H2;. The molecule has 0 N–H and O–H groups in total. The summed E-state index contributed by atoms with van der Waals surface area (Å²) in [5.41, 5.74) is 10.00. The quantitative estimate of drug-likeness (QED) is 0.266. The minimum atomic E-state index is -5.44. The van der Waals surface area contributed by atoms with Gasteiger partial charge in [0, 0.05) is 0 Å². The van der Waals surface area contributed by atoms with Crippen LogP contribution in [0.4, 0.5) is 0 Å². The van der Waals surface area contributed by atoms with E-state index in [9.17, 15) is 0 Å². The number of fused-ring (bicyclic) bond motifs is 6. The molecule has 0 aromatic heterocycles. The number of benzene rings is 1. The van der Waals surface area contributed by atoms with Gasteiger partial charge in [0.25, 0.3) is 0 Å². The molecule has 0 heterocycles. The summed E-state index contributed by atoms with van der Waals surface area (Å²) < 4.78 is 13.1. The van der Waals surface area contributed by atoms with E-state index in [-0.39, 0.29) is 49.6 Å². The van der Waals surface area contributed by atoms with Gasteiger partial charge in [0.1, 0.15) is 0 Å². The molecule has 5 aliphatic rings. The Kier molecular flexibility index (Phi) is 6.43. The van der Waals surface area contributed by atoms with Gasteiger partial charge in [-0.1, -0.05) is 0 Å². The van der Waals surface area contributed by atoms with Gasteiger partial charge < -0.3 is 0 Å². The molecule has 3 unspecified atom stereocenters. The topological polar surface area (TPSA) is 0 Å². The van der Waals surface area contributed by atoms with Gasteiger partial charge in [-0.25, -0.2) is 0 Å². The molecule has 3 atom stereocenters. The molecule has 1 saturated carbocycles. The molecule has 0 radical (unpaired) electrons. The number of hydrogen-bond donors (Lipinski definition) is 0. The van der Waals surface area contributed by atoms with Crippen molar-refractivity contribution in [1.29, 1.82) is 0 Å². The van der Waals surface area contributed by atoms with Crippen LogP contribution in [0.5, 0.6) is 0 Å². The summed E-state index contributed by atoms with van der Waals surface area (Å²) in [4.78, 5) is 0. The van der Waals surface area contributed by atoms with Crippen LogP contribution in [0, 0.1) is 27.6 Å². The summed E-state index contributed by atoms with van der Waals surface area (Å²) in [6, 6.07) is 9.39. The van der Waals surface area contributed by atoms with Gasteiger partial charge in [0.2, 0.25) is 0 Å². The van der Waals surface area contributed by atoms with Crippen molar-refractivity contribution in [2.24, 2.45) is 27.6 Å². The summed E-state index contributed by atoms with van der Waals surface area (Å²) in [5.74, 6) is 0.524. The first-order valence-corrected chi connectivity index (χ1v) is 40.6. The maximum atomic E-state index is 2.87. The molecule has 5 aliphatic carbocycles. The second kappa shape index (κ2) is 7.75. The molecule has 0 nitrogen and oxygen atoms in total. The molecule has 0 saturated heterocycles. The Balaban J connectivity index is 0.00000212. The van der Waals surface area contributed by atoms with Crippen molar-refractivity contribution < 1.29 is 11.6 Å². The molecular weight excluding hydrogens is 675 g/mol. The van der Waals surface area contributed by atoms with Gasteiger partial charge in [0.15, 0.2) is 0 Å². The van der Waals surface area contributed by atoms with Crippen molar-refractivity contribution >= 4 is 44.1 Å². The van der Waals surface area contributed by atoms with Crippen molar-refractivity contribution in [2.45, 2.75) is 103 Å². The van der Waals surface area contributed by atoms with Gasteiger partial charge in [-0.2, -0.15) is 0 Å². The predicted octanol–water partition coefficient (Wildman–Crippen LogP) is 10.8. The van der Waals surface area contributed by atoms with Crippen molar-refractivity contribution in [2.75, 3.05) is 0 Å². The van der Waals surface area contributed by atoms with Crippen molar-refractivity contribution in [3.8, 4) is 0 Å². The normalized spacial score (nSPS) is 34.9. The van der Waals surface area contributed by atoms with Crippen LogP contribution >= 0.6 is 24.8 Å². The Morgan fingerprint density at radius 3 is 1.98 bits per heavy atom. The zero-order chi connectivity index (χ0) is 30.7. The summed E-state index contributed by atoms with van der Waals surface area (Å²) in [6.45, 7) is 26.6.